The lowest BCUT2D eigenvalue weighted by atomic mass is 9.95. The van der Waals surface area contributed by atoms with Gasteiger partial charge in [0.15, 0.2) is 0 Å². The number of ether oxygens (including phenoxy) is 1. The number of allylic oxidation sites excluding steroid dienone is 1. The van der Waals surface area contributed by atoms with E-state index in [0.29, 0.717) is 18.6 Å². The van der Waals surface area contributed by atoms with E-state index in [0.717, 1.165) is 12.8 Å². The van der Waals surface area contributed by atoms with Crippen LogP contribution in [0.1, 0.15) is 25.3 Å². The maximum absolute atomic E-state index is 9.71. The number of phenolic OH excluding ortho intramolecular Hbond substituents is 2. The molecule has 2 atom stereocenters. The summed E-state index contributed by atoms with van der Waals surface area (Å²) in [6, 6.07) is 4.54. The molecule has 110 valence electrons. The van der Waals surface area contributed by atoms with Crippen molar-refractivity contribution in [3.8, 4) is 11.5 Å². The molecule has 20 heavy (non-hydrogen) atoms. The number of benzene rings is 1. The van der Waals surface area contributed by atoms with Gasteiger partial charge in [0.05, 0.1) is 12.7 Å². The first-order valence-electron chi connectivity index (χ1n) is 7.01. The zero-order valence-electron chi connectivity index (χ0n) is 11.7. The van der Waals surface area contributed by atoms with Gasteiger partial charge in [-0.05, 0) is 43.0 Å². The summed E-state index contributed by atoms with van der Waals surface area (Å²) in [4.78, 5) is 0. The smallest absolute Gasteiger partial charge is 0.119 e. The fourth-order valence-corrected chi connectivity index (χ4v) is 2.41. The highest BCUT2D eigenvalue weighted by molar-refractivity contribution is 5.40. The van der Waals surface area contributed by atoms with E-state index < -0.39 is 0 Å². The van der Waals surface area contributed by atoms with Crippen LogP contribution in [0.3, 0.4) is 0 Å². The van der Waals surface area contributed by atoms with Crippen molar-refractivity contribution in [2.45, 2.75) is 32.3 Å². The zero-order chi connectivity index (χ0) is 14.5. The van der Waals surface area contributed by atoms with Crippen LogP contribution < -0.4 is 0 Å². The van der Waals surface area contributed by atoms with E-state index in [1.807, 2.05) is 13.0 Å². The van der Waals surface area contributed by atoms with Crippen LogP contribution >= 0.6 is 0 Å². The number of rotatable bonds is 4. The number of aliphatic hydroxyl groups is 1. The van der Waals surface area contributed by atoms with Gasteiger partial charge in [0.1, 0.15) is 11.5 Å². The Bertz CT molecular complexity index is 471. The molecule has 0 unspecified atom stereocenters. The highest BCUT2D eigenvalue weighted by atomic mass is 16.5. The second kappa shape index (κ2) is 6.77. The molecular weight excluding hydrogens is 256 g/mol. The number of aliphatic hydroxyl groups excluding tert-OH is 1. The second-order valence-electron chi connectivity index (χ2n) is 5.43. The monoisotopic (exact) mass is 278 g/mol. The van der Waals surface area contributed by atoms with Gasteiger partial charge in [-0.1, -0.05) is 13.0 Å². The average molecular weight is 278 g/mol. The van der Waals surface area contributed by atoms with Crippen molar-refractivity contribution >= 4 is 0 Å². The molecule has 1 aliphatic rings. The average Bonchev–Trinajstić information content (AvgIpc) is 2.48. The third-order valence-corrected chi connectivity index (χ3v) is 3.83. The normalized spacial score (nSPS) is 22.9. The van der Waals surface area contributed by atoms with Gasteiger partial charge >= 0.3 is 0 Å². The van der Waals surface area contributed by atoms with Gasteiger partial charge in [0, 0.05) is 18.1 Å². The standard InChI is InChI=1S/C16H22O4/c1-11(9-17)16-7-3-12(10-20-16)2-4-13-8-14(18)5-6-15(13)19/h2,5-6,8,11,16-19H,3-4,7,9-10H2,1H3/t11-,16+/m1/s1. The number of phenols is 2. The highest BCUT2D eigenvalue weighted by Crippen LogP contribution is 2.26. The number of hydrogen-bond donors (Lipinski definition) is 3. The van der Waals surface area contributed by atoms with Crippen LogP contribution in [0.4, 0.5) is 0 Å². The molecule has 0 aliphatic carbocycles. The highest BCUT2D eigenvalue weighted by Gasteiger charge is 2.22. The first-order chi connectivity index (χ1) is 9.60. The molecule has 1 aliphatic heterocycles. The van der Waals surface area contributed by atoms with E-state index in [1.54, 1.807) is 6.07 Å². The molecule has 1 heterocycles. The Balaban J connectivity index is 1.92. The first-order valence-corrected chi connectivity index (χ1v) is 7.01. The Morgan fingerprint density at radius 3 is 2.85 bits per heavy atom. The number of aromatic hydroxyl groups is 2. The third kappa shape index (κ3) is 3.74. The molecule has 0 spiro atoms. The minimum absolute atomic E-state index is 0.131. The van der Waals surface area contributed by atoms with E-state index in [4.69, 9.17) is 9.84 Å². The molecule has 4 heteroatoms. The first kappa shape index (κ1) is 14.9. The minimum atomic E-state index is 0.131. The molecule has 0 amide bonds. The van der Waals surface area contributed by atoms with Crippen LogP contribution in [-0.2, 0) is 11.2 Å². The summed E-state index contributed by atoms with van der Waals surface area (Å²) in [5.74, 6) is 0.530. The molecule has 1 fully saturated rings. The van der Waals surface area contributed by atoms with E-state index in [-0.39, 0.29) is 30.1 Å². The summed E-state index contributed by atoms with van der Waals surface area (Å²) in [6.07, 6.45) is 4.63. The molecular formula is C16H22O4. The van der Waals surface area contributed by atoms with Crippen LogP contribution in [-0.4, -0.2) is 34.6 Å². The Kier molecular flexibility index (Phi) is 5.04. The van der Waals surface area contributed by atoms with Gasteiger partial charge in [0.2, 0.25) is 0 Å². The van der Waals surface area contributed by atoms with Gasteiger partial charge in [-0.15, -0.1) is 0 Å². The third-order valence-electron chi connectivity index (χ3n) is 3.83. The molecule has 0 saturated carbocycles. The second-order valence-corrected chi connectivity index (χ2v) is 5.43. The Morgan fingerprint density at radius 2 is 2.20 bits per heavy atom. The van der Waals surface area contributed by atoms with Crippen molar-refractivity contribution < 1.29 is 20.1 Å². The minimum Gasteiger partial charge on any atom is -0.508 e. The lowest BCUT2D eigenvalue weighted by molar-refractivity contribution is -0.0100. The van der Waals surface area contributed by atoms with Crippen LogP contribution in [0.2, 0.25) is 0 Å². The topological polar surface area (TPSA) is 69.9 Å². The fourth-order valence-electron chi connectivity index (χ4n) is 2.41. The lowest BCUT2D eigenvalue weighted by Gasteiger charge is -2.28. The zero-order valence-corrected chi connectivity index (χ0v) is 11.7. The molecule has 1 saturated heterocycles. The Hall–Kier alpha value is -1.52. The molecule has 0 radical (unpaired) electrons. The van der Waals surface area contributed by atoms with Crippen LogP contribution in [0.15, 0.2) is 29.8 Å². The van der Waals surface area contributed by atoms with Crippen LogP contribution in [0.25, 0.3) is 0 Å². The summed E-state index contributed by atoms with van der Waals surface area (Å²) in [5, 5.41) is 28.2. The predicted octanol–water partition coefficient (Wildman–Crippen LogP) is 2.37. The van der Waals surface area contributed by atoms with E-state index >= 15 is 0 Å². The summed E-state index contributed by atoms with van der Waals surface area (Å²) in [6.45, 7) is 2.72. The molecule has 2 rings (SSSR count). The van der Waals surface area contributed by atoms with E-state index in [9.17, 15) is 10.2 Å². The SMILES string of the molecule is C[C@H](CO)[C@@H]1CCC(=CCc2cc(O)ccc2O)CO1. The summed E-state index contributed by atoms with van der Waals surface area (Å²) < 4.78 is 5.75. The Labute approximate surface area is 119 Å². The van der Waals surface area contributed by atoms with Gasteiger partial charge in [0.25, 0.3) is 0 Å². The van der Waals surface area contributed by atoms with E-state index in [1.165, 1.54) is 17.7 Å². The van der Waals surface area contributed by atoms with Gasteiger partial charge in [-0.25, -0.2) is 0 Å². The van der Waals surface area contributed by atoms with Gasteiger partial charge in [-0.2, -0.15) is 0 Å². The fraction of sp³-hybridized carbons (Fsp3) is 0.500. The van der Waals surface area contributed by atoms with Crippen molar-refractivity contribution in [3.63, 3.8) is 0 Å². The van der Waals surface area contributed by atoms with Gasteiger partial charge < -0.3 is 20.1 Å². The largest absolute Gasteiger partial charge is 0.508 e. The molecule has 4 nitrogen and oxygen atoms in total. The quantitative estimate of drug-likeness (QED) is 0.584. The molecule has 1 aromatic carbocycles. The van der Waals surface area contributed by atoms with Crippen molar-refractivity contribution in [2.24, 2.45) is 5.92 Å². The number of hydrogen-bond acceptors (Lipinski definition) is 4. The summed E-state index contributed by atoms with van der Waals surface area (Å²) >= 11 is 0. The van der Waals surface area contributed by atoms with E-state index in [2.05, 4.69) is 0 Å². The molecule has 3 N–H and O–H groups in total. The summed E-state index contributed by atoms with van der Waals surface area (Å²) in [7, 11) is 0. The molecule has 0 bridgehead atoms. The van der Waals surface area contributed by atoms with Gasteiger partial charge in [-0.3, -0.25) is 0 Å². The Morgan fingerprint density at radius 1 is 1.40 bits per heavy atom. The maximum atomic E-state index is 9.71. The molecule has 0 aromatic heterocycles. The van der Waals surface area contributed by atoms with Crippen molar-refractivity contribution in [1.82, 2.24) is 0 Å². The van der Waals surface area contributed by atoms with Crippen molar-refractivity contribution in [1.29, 1.82) is 0 Å². The van der Waals surface area contributed by atoms with Crippen LogP contribution in [0.5, 0.6) is 11.5 Å². The van der Waals surface area contributed by atoms with Crippen molar-refractivity contribution in [2.75, 3.05) is 13.2 Å². The van der Waals surface area contributed by atoms with Crippen LogP contribution in [0, 0.1) is 5.92 Å². The van der Waals surface area contributed by atoms with Crippen molar-refractivity contribution in [3.05, 3.63) is 35.4 Å². The predicted molar refractivity (Wildman–Crippen MR) is 76.8 cm³/mol. The lowest BCUT2D eigenvalue weighted by Crippen LogP contribution is -2.29. The maximum Gasteiger partial charge on any atom is 0.119 e. The molecule has 1 aromatic rings. The summed E-state index contributed by atoms with van der Waals surface area (Å²) in [5.41, 5.74) is 1.91.